The van der Waals surface area contributed by atoms with E-state index in [0.29, 0.717) is 11.3 Å². The molecule has 0 amide bonds. The average Bonchev–Trinajstić information content (AvgIpc) is 3.68. The minimum absolute atomic E-state index is 0.521. The molecule has 0 aliphatic carbocycles. The van der Waals surface area contributed by atoms with Crippen molar-refractivity contribution in [2.75, 3.05) is 0 Å². The zero-order chi connectivity index (χ0) is 32.2. The maximum Gasteiger partial charge on any atom is 0.194 e. The van der Waals surface area contributed by atoms with Crippen LogP contribution in [-0.2, 0) is 0 Å². The molecule has 9 rings (SSSR count). The maximum atomic E-state index is 9.68. The number of aromatic nitrogens is 2. The van der Waals surface area contributed by atoms with Crippen LogP contribution in [0, 0.1) is 17.9 Å². The highest BCUT2D eigenvalue weighted by Crippen LogP contribution is 2.44. The fourth-order valence-corrected chi connectivity index (χ4v) is 7.30. The van der Waals surface area contributed by atoms with E-state index in [1.54, 1.807) is 12.1 Å². The molecule has 4 nitrogen and oxygen atoms in total. The van der Waals surface area contributed by atoms with Crippen molar-refractivity contribution in [3.8, 4) is 39.7 Å². The van der Waals surface area contributed by atoms with E-state index in [9.17, 15) is 5.26 Å². The fraction of sp³-hybridized carbons (Fsp3) is 0. The lowest BCUT2D eigenvalue weighted by Crippen LogP contribution is -1.99. The van der Waals surface area contributed by atoms with Gasteiger partial charge in [0, 0.05) is 32.8 Å². The highest BCUT2D eigenvalue weighted by Gasteiger charge is 2.22. The van der Waals surface area contributed by atoms with E-state index in [1.165, 1.54) is 21.5 Å². The standard InChI is InChI=1S/C44H26N4/c1-46-38-23-20-29(28-45)26-36(38)31-21-24-41(37(27-31)30-12-4-2-5-13-30)48-39-18-10-8-16-33(39)34-22-25-42-43(44(34)48)35-17-9-11-19-40(35)47(42)32-14-6-3-7-15-32/h2-27H. The highest BCUT2D eigenvalue weighted by atomic mass is 15.0. The molecule has 0 spiro atoms. The summed E-state index contributed by atoms with van der Waals surface area (Å²) in [6.07, 6.45) is 0. The van der Waals surface area contributed by atoms with Crippen LogP contribution >= 0.6 is 0 Å². The van der Waals surface area contributed by atoms with Crippen LogP contribution in [0.5, 0.6) is 0 Å². The van der Waals surface area contributed by atoms with Gasteiger partial charge in [0.2, 0.25) is 0 Å². The van der Waals surface area contributed by atoms with Crippen molar-refractivity contribution in [1.82, 2.24) is 9.13 Å². The number of nitriles is 1. The van der Waals surface area contributed by atoms with Crippen molar-refractivity contribution < 1.29 is 0 Å². The summed E-state index contributed by atoms with van der Waals surface area (Å²) in [6.45, 7) is 7.86. The van der Waals surface area contributed by atoms with Gasteiger partial charge < -0.3 is 9.13 Å². The molecule has 9 aromatic rings. The first-order valence-corrected chi connectivity index (χ1v) is 15.9. The van der Waals surface area contributed by atoms with Gasteiger partial charge in [0.25, 0.3) is 0 Å². The Hall–Kier alpha value is -6.88. The van der Waals surface area contributed by atoms with Crippen molar-refractivity contribution >= 4 is 49.3 Å². The Morgan fingerprint density at radius 1 is 0.521 bits per heavy atom. The lowest BCUT2D eigenvalue weighted by molar-refractivity contribution is 1.17. The largest absolute Gasteiger partial charge is 0.309 e. The predicted octanol–water partition coefficient (Wildman–Crippen LogP) is 11.6. The molecular formula is C44H26N4. The molecule has 222 valence electrons. The molecule has 0 N–H and O–H groups in total. The summed E-state index contributed by atoms with van der Waals surface area (Å²) in [4.78, 5) is 3.80. The number of nitrogens with zero attached hydrogens (tertiary/aromatic N) is 4. The summed E-state index contributed by atoms with van der Waals surface area (Å²) in [5.74, 6) is 0. The fourth-order valence-electron chi connectivity index (χ4n) is 7.30. The molecule has 0 unspecified atom stereocenters. The van der Waals surface area contributed by atoms with Gasteiger partial charge in [0.1, 0.15) is 0 Å². The molecule has 0 radical (unpaired) electrons. The van der Waals surface area contributed by atoms with Crippen LogP contribution in [-0.4, -0.2) is 9.13 Å². The molecule has 48 heavy (non-hydrogen) atoms. The summed E-state index contributed by atoms with van der Waals surface area (Å²) < 4.78 is 4.78. The van der Waals surface area contributed by atoms with E-state index in [4.69, 9.17) is 6.57 Å². The van der Waals surface area contributed by atoms with Crippen molar-refractivity contribution in [3.63, 3.8) is 0 Å². The van der Waals surface area contributed by atoms with Gasteiger partial charge in [0.05, 0.1) is 46.0 Å². The van der Waals surface area contributed by atoms with E-state index < -0.39 is 0 Å². The molecule has 2 aromatic heterocycles. The van der Waals surface area contributed by atoms with Crippen molar-refractivity contribution in [3.05, 3.63) is 175 Å². The average molecular weight is 611 g/mol. The second-order valence-corrected chi connectivity index (χ2v) is 12.0. The summed E-state index contributed by atoms with van der Waals surface area (Å²) in [5, 5.41) is 14.4. The minimum Gasteiger partial charge on any atom is -0.309 e. The van der Waals surface area contributed by atoms with Gasteiger partial charge in [-0.3, -0.25) is 0 Å². The Kier molecular flexibility index (Phi) is 6.22. The Balaban J connectivity index is 1.44. The van der Waals surface area contributed by atoms with Gasteiger partial charge in [-0.05, 0) is 65.2 Å². The molecule has 4 heteroatoms. The summed E-state index contributed by atoms with van der Waals surface area (Å²) in [5.41, 5.74) is 11.5. The molecule has 0 aliphatic rings. The predicted molar refractivity (Wildman–Crippen MR) is 197 cm³/mol. The number of benzene rings is 7. The second kappa shape index (κ2) is 10.9. The monoisotopic (exact) mass is 610 g/mol. The number of para-hydroxylation sites is 3. The van der Waals surface area contributed by atoms with Crippen LogP contribution < -0.4 is 0 Å². The van der Waals surface area contributed by atoms with Crippen molar-refractivity contribution in [1.29, 1.82) is 5.26 Å². The van der Waals surface area contributed by atoms with E-state index >= 15 is 0 Å². The number of hydrogen-bond acceptors (Lipinski definition) is 1. The van der Waals surface area contributed by atoms with Crippen LogP contribution in [0.1, 0.15) is 5.56 Å². The Morgan fingerprint density at radius 2 is 1.21 bits per heavy atom. The van der Waals surface area contributed by atoms with Crippen LogP contribution in [0.3, 0.4) is 0 Å². The second-order valence-electron chi connectivity index (χ2n) is 12.0. The Morgan fingerprint density at radius 3 is 1.96 bits per heavy atom. The van der Waals surface area contributed by atoms with E-state index in [-0.39, 0.29) is 0 Å². The molecule has 0 bridgehead atoms. The van der Waals surface area contributed by atoms with Gasteiger partial charge in [0.15, 0.2) is 5.69 Å². The van der Waals surface area contributed by atoms with Crippen LogP contribution in [0.25, 0.3) is 82.1 Å². The Labute approximate surface area is 277 Å². The van der Waals surface area contributed by atoms with Crippen LogP contribution in [0.4, 0.5) is 5.69 Å². The first kappa shape index (κ1) is 27.4. The molecule has 2 heterocycles. The SMILES string of the molecule is [C-]#[N+]c1ccc(C#N)cc1-c1ccc(-n2c3ccccc3c3ccc4c(c5ccccc5n4-c4ccccc4)c32)c(-c2ccccc2)c1. The van der Waals surface area contributed by atoms with E-state index in [1.807, 2.05) is 12.1 Å². The molecular weight excluding hydrogens is 585 g/mol. The van der Waals surface area contributed by atoms with Gasteiger partial charge in [-0.15, -0.1) is 0 Å². The van der Waals surface area contributed by atoms with Crippen LogP contribution in [0.15, 0.2) is 158 Å². The molecule has 0 saturated heterocycles. The van der Waals surface area contributed by atoms with Gasteiger partial charge in [-0.1, -0.05) is 109 Å². The topological polar surface area (TPSA) is 38.0 Å². The normalized spacial score (nSPS) is 11.3. The van der Waals surface area contributed by atoms with Gasteiger partial charge in [-0.2, -0.15) is 5.26 Å². The van der Waals surface area contributed by atoms with Crippen LogP contribution in [0.2, 0.25) is 0 Å². The van der Waals surface area contributed by atoms with Crippen molar-refractivity contribution in [2.24, 2.45) is 0 Å². The smallest absolute Gasteiger partial charge is 0.194 e. The number of fused-ring (bicyclic) bond motifs is 7. The zero-order valence-electron chi connectivity index (χ0n) is 25.8. The van der Waals surface area contributed by atoms with Crippen molar-refractivity contribution in [2.45, 2.75) is 0 Å². The number of hydrogen-bond donors (Lipinski definition) is 0. The molecule has 0 fully saturated rings. The molecule has 0 saturated carbocycles. The van der Waals surface area contributed by atoms with Gasteiger partial charge in [-0.25, -0.2) is 4.85 Å². The lowest BCUT2D eigenvalue weighted by Gasteiger charge is -2.17. The molecule has 0 atom stereocenters. The highest BCUT2D eigenvalue weighted by molar-refractivity contribution is 6.26. The van der Waals surface area contributed by atoms with Gasteiger partial charge >= 0.3 is 0 Å². The van der Waals surface area contributed by atoms with E-state index in [0.717, 1.165) is 55.7 Å². The first-order valence-electron chi connectivity index (χ1n) is 15.9. The third-order valence-electron chi connectivity index (χ3n) is 9.36. The van der Waals surface area contributed by atoms with E-state index in [2.05, 4.69) is 154 Å². The number of rotatable bonds is 4. The summed E-state index contributed by atoms with van der Waals surface area (Å²) in [6, 6.07) is 56.7. The third kappa shape index (κ3) is 4.07. The lowest BCUT2D eigenvalue weighted by atomic mass is 9.95. The molecule has 7 aromatic carbocycles. The zero-order valence-corrected chi connectivity index (χ0v) is 25.8. The first-order chi connectivity index (χ1) is 23.7. The molecule has 0 aliphatic heterocycles. The summed E-state index contributed by atoms with van der Waals surface area (Å²) in [7, 11) is 0. The Bertz CT molecular complexity index is 2790. The summed E-state index contributed by atoms with van der Waals surface area (Å²) >= 11 is 0. The third-order valence-corrected chi connectivity index (χ3v) is 9.36. The quantitative estimate of drug-likeness (QED) is 0.183. The maximum absolute atomic E-state index is 9.68. The minimum atomic E-state index is 0.521.